The molecule has 2 rings (SSSR count). The summed E-state index contributed by atoms with van der Waals surface area (Å²) in [6, 6.07) is 3.85. The van der Waals surface area contributed by atoms with Gasteiger partial charge in [-0.05, 0) is 31.0 Å². The van der Waals surface area contributed by atoms with Gasteiger partial charge in [0.25, 0.3) is 0 Å². The van der Waals surface area contributed by atoms with Crippen LogP contribution in [0.15, 0.2) is 12.1 Å². The van der Waals surface area contributed by atoms with Gasteiger partial charge in [-0.25, -0.2) is 0 Å². The molecule has 0 bridgehead atoms. The van der Waals surface area contributed by atoms with Gasteiger partial charge in [-0.3, -0.25) is 4.79 Å². The summed E-state index contributed by atoms with van der Waals surface area (Å²) >= 11 is 6.27. The van der Waals surface area contributed by atoms with Crippen molar-refractivity contribution in [3.8, 4) is 5.75 Å². The normalized spacial score (nSPS) is 16.9. The Morgan fingerprint density at radius 3 is 2.68 bits per heavy atom. The Hall–Kier alpha value is -1.22. The first kappa shape index (κ1) is 14.2. The van der Waals surface area contributed by atoms with Gasteiger partial charge in [0.1, 0.15) is 11.4 Å². The maximum Gasteiger partial charge on any atom is 0.304 e. The first-order chi connectivity index (χ1) is 8.61. The second-order valence-electron chi connectivity index (χ2n) is 6.44. The molecule has 19 heavy (non-hydrogen) atoms. The Morgan fingerprint density at radius 1 is 1.47 bits per heavy atom. The summed E-state index contributed by atoms with van der Waals surface area (Å²) < 4.78 is 5.83. The first-order valence-corrected chi connectivity index (χ1v) is 6.72. The molecule has 1 aliphatic heterocycles. The van der Waals surface area contributed by atoms with E-state index >= 15 is 0 Å². The van der Waals surface area contributed by atoms with E-state index in [2.05, 4.69) is 0 Å². The van der Waals surface area contributed by atoms with Crippen LogP contribution in [0.1, 0.15) is 45.2 Å². The third kappa shape index (κ3) is 2.86. The molecule has 0 aromatic heterocycles. The van der Waals surface area contributed by atoms with E-state index in [4.69, 9.17) is 21.4 Å². The molecule has 4 heteroatoms. The highest BCUT2D eigenvalue weighted by atomic mass is 35.5. The van der Waals surface area contributed by atoms with E-state index in [-0.39, 0.29) is 12.0 Å². The van der Waals surface area contributed by atoms with Gasteiger partial charge in [-0.1, -0.05) is 31.5 Å². The molecule has 0 radical (unpaired) electrons. The summed E-state index contributed by atoms with van der Waals surface area (Å²) in [5.41, 5.74) is 1.31. The molecule has 104 valence electrons. The number of hydrogen-bond donors (Lipinski definition) is 1. The fourth-order valence-corrected chi connectivity index (χ4v) is 2.82. The molecule has 0 saturated heterocycles. The van der Waals surface area contributed by atoms with Gasteiger partial charge in [0.2, 0.25) is 0 Å². The van der Waals surface area contributed by atoms with E-state index in [0.29, 0.717) is 5.02 Å². The third-order valence-electron chi connectivity index (χ3n) is 3.49. The number of fused-ring (bicyclic) bond motifs is 1. The van der Waals surface area contributed by atoms with E-state index in [9.17, 15) is 4.79 Å². The number of carboxylic acid groups (broad SMARTS) is 1. The van der Waals surface area contributed by atoms with E-state index in [1.807, 2.05) is 39.8 Å². The molecule has 0 spiro atoms. The Kier molecular flexibility index (Phi) is 3.29. The van der Waals surface area contributed by atoms with Crippen molar-refractivity contribution in [2.45, 2.75) is 51.6 Å². The molecule has 0 fully saturated rings. The third-order valence-corrected chi connectivity index (χ3v) is 3.77. The molecule has 0 saturated carbocycles. The van der Waals surface area contributed by atoms with Gasteiger partial charge < -0.3 is 9.84 Å². The standard InChI is InChI=1S/C15H19ClO3/c1-14(2,8-12(17)18)10-5-9-7-15(3,4)19-13(9)11(16)6-10/h5-6H,7-8H2,1-4H3,(H,17,18). The van der Waals surface area contributed by atoms with Crippen molar-refractivity contribution in [2.75, 3.05) is 0 Å². The molecule has 1 heterocycles. The molecule has 0 unspecified atom stereocenters. The molecule has 0 aliphatic carbocycles. The number of carbonyl (C=O) groups is 1. The van der Waals surface area contributed by atoms with E-state index in [1.54, 1.807) is 0 Å². The lowest BCUT2D eigenvalue weighted by Crippen LogP contribution is -2.24. The van der Waals surface area contributed by atoms with Crippen molar-refractivity contribution in [1.82, 2.24) is 0 Å². The summed E-state index contributed by atoms with van der Waals surface area (Å²) in [5.74, 6) is -0.0697. The van der Waals surface area contributed by atoms with Gasteiger partial charge in [0.15, 0.2) is 0 Å². The summed E-state index contributed by atoms with van der Waals surface area (Å²) in [4.78, 5) is 11.0. The van der Waals surface area contributed by atoms with Crippen LogP contribution in [0.4, 0.5) is 0 Å². The minimum Gasteiger partial charge on any atom is -0.486 e. The molecular formula is C15H19ClO3. The Balaban J connectivity index is 2.42. The quantitative estimate of drug-likeness (QED) is 0.917. The molecule has 1 N–H and O–H groups in total. The monoisotopic (exact) mass is 282 g/mol. The number of halogens is 1. The number of aliphatic carboxylic acids is 1. The number of hydrogen-bond acceptors (Lipinski definition) is 2. The van der Waals surface area contributed by atoms with Crippen molar-refractivity contribution >= 4 is 17.6 Å². The number of rotatable bonds is 3. The maximum absolute atomic E-state index is 11.0. The van der Waals surface area contributed by atoms with Crippen molar-refractivity contribution < 1.29 is 14.6 Å². The Labute approximate surface area is 118 Å². The highest BCUT2D eigenvalue weighted by Gasteiger charge is 2.34. The van der Waals surface area contributed by atoms with Crippen molar-refractivity contribution in [2.24, 2.45) is 0 Å². The summed E-state index contributed by atoms with van der Waals surface area (Å²) in [5, 5.41) is 9.56. The summed E-state index contributed by atoms with van der Waals surface area (Å²) in [6.07, 6.45) is 0.866. The highest BCUT2D eigenvalue weighted by molar-refractivity contribution is 6.32. The second-order valence-corrected chi connectivity index (χ2v) is 6.85. The highest BCUT2D eigenvalue weighted by Crippen LogP contribution is 2.43. The zero-order chi connectivity index (χ0) is 14.4. The summed E-state index contributed by atoms with van der Waals surface area (Å²) in [6.45, 7) is 7.87. The summed E-state index contributed by atoms with van der Waals surface area (Å²) in [7, 11) is 0. The van der Waals surface area contributed by atoms with Crippen LogP contribution >= 0.6 is 11.6 Å². The van der Waals surface area contributed by atoms with Crippen LogP contribution in [-0.4, -0.2) is 16.7 Å². The average molecular weight is 283 g/mol. The zero-order valence-electron chi connectivity index (χ0n) is 11.7. The number of carboxylic acids is 1. The van der Waals surface area contributed by atoms with Gasteiger partial charge in [0.05, 0.1) is 11.4 Å². The average Bonchev–Trinajstić information content (AvgIpc) is 2.51. The number of benzene rings is 1. The Morgan fingerprint density at radius 2 is 2.11 bits per heavy atom. The smallest absolute Gasteiger partial charge is 0.304 e. The predicted octanol–water partition coefficient (Wildman–Crippen LogP) is 3.81. The molecule has 0 atom stereocenters. The number of ether oxygens (including phenoxy) is 1. The van der Waals surface area contributed by atoms with Gasteiger partial charge in [0, 0.05) is 11.8 Å². The van der Waals surface area contributed by atoms with Crippen molar-refractivity contribution in [1.29, 1.82) is 0 Å². The van der Waals surface area contributed by atoms with Crippen LogP contribution < -0.4 is 4.74 Å². The van der Waals surface area contributed by atoms with Gasteiger partial charge >= 0.3 is 5.97 Å². The minimum absolute atomic E-state index is 0.0758. The van der Waals surface area contributed by atoms with Crippen LogP contribution in [0.3, 0.4) is 0 Å². The minimum atomic E-state index is -0.807. The maximum atomic E-state index is 11.0. The largest absolute Gasteiger partial charge is 0.486 e. The van der Waals surface area contributed by atoms with E-state index in [1.165, 1.54) is 0 Å². The first-order valence-electron chi connectivity index (χ1n) is 6.34. The lowest BCUT2D eigenvalue weighted by Gasteiger charge is -2.24. The SMILES string of the molecule is CC1(C)Cc2cc(C(C)(C)CC(=O)O)cc(Cl)c2O1. The van der Waals surface area contributed by atoms with Crippen LogP contribution in [0.5, 0.6) is 5.75 Å². The van der Waals surface area contributed by atoms with E-state index in [0.717, 1.165) is 23.3 Å². The van der Waals surface area contributed by atoms with Crippen LogP contribution in [0.2, 0.25) is 5.02 Å². The zero-order valence-corrected chi connectivity index (χ0v) is 12.5. The lowest BCUT2D eigenvalue weighted by atomic mass is 9.80. The van der Waals surface area contributed by atoms with Crippen molar-refractivity contribution in [3.05, 3.63) is 28.3 Å². The molecular weight excluding hydrogens is 264 g/mol. The molecule has 1 aromatic rings. The van der Waals surface area contributed by atoms with Crippen LogP contribution in [0, 0.1) is 0 Å². The topological polar surface area (TPSA) is 46.5 Å². The second kappa shape index (κ2) is 4.41. The van der Waals surface area contributed by atoms with Gasteiger partial charge in [-0.15, -0.1) is 0 Å². The fourth-order valence-electron chi connectivity index (χ4n) is 2.54. The molecule has 3 nitrogen and oxygen atoms in total. The van der Waals surface area contributed by atoms with Crippen molar-refractivity contribution in [3.63, 3.8) is 0 Å². The van der Waals surface area contributed by atoms with E-state index < -0.39 is 11.4 Å². The molecule has 1 aromatic carbocycles. The van der Waals surface area contributed by atoms with Crippen LogP contribution in [-0.2, 0) is 16.6 Å². The fraction of sp³-hybridized carbons (Fsp3) is 0.533. The van der Waals surface area contributed by atoms with Gasteiger partial charge in [-0.2, -0.15) is 0 Å². The Bertz CT molecular complexity index is 532. The lowest BCUT2D eigenvalue weighted by molar-refractivity contribution is -0.138. The van der Waals surface area contributed by atoms with Crippen LogP contribution in [0.25, 0.3) is 0 Å². The molecule has 0 amide bonds. The predicted molar refractivity (Wildman–Crippen MR) is 75.1 cm³/mol. The molecule has 1 aliphatic rings.